The lowest BCUT2D eigenvalue weighted by Crippen LogP contribution is -2.43. The second-order valence-electron chi connectivity index (χ2n) is 8.39. The van der Waals surface area contributed by atoms with Crippen LogP contribution in [0.15, 0.2) is 18.5 Å². The molecule has 0 unspecified atom stereocenters. The number of anilines is 2. The average molecular weight is 473 g/mol. The Hall–Kier alpha value is -1.15. The summed E-state index contributed by atoms with van der Waals surface area (Å²) in [5.41, 5.74) is 11.5. The van der Waals surface area contributed by atoms with Gasteiger partial charge in [-0.25, -0.2) is 9.97 Å². The zero-order chi connectivity index (χ0) is 19.5. The lowest BCUT2D eigenvalue weighted by molar-refractivity contribution is 0.170. The SMILES string of the molecule is C[C@@H]1C[C@@H](O)c2ncnc(N3CC4(CCNCC4)c4c3ccc(Cl)c4CN)c21.Cl.Cl. The summed E-state index contributed by atoms with van der Waals surface area (Å²) in [6.07, 6.45) is 3.88. The molecule has 1 spiro atoms. The van der Waals surface area contributed by atoms with E-state index in [1.807, 2.05) is 6.07 Å². The van der Waals surface area contributed by atoms with E-state index in [2.05, 4.69) is 28.2 Å². The maximum absolute atomic E-state index is 10.4. The number of rotatable bonds is 2. The molecule has 3 aliphatic rings. The van der Waals surface area contributed by atoms with Crippen LogP contribution < -0.4 is 16.0 Å². The largest absolute Gasteiger partial charge is 0.387 e. The molecule has 5 rings (SSSR count). The number of nitrogens with zero attached hydrogens (tertiary/aromatic N) is 3. The third-order valence-electron chi connectivity index (χ3n) is 6.82. The van der Waals surface area contributed by atoms with Crippen LogP contribution in [0.2, 0.25) is 5.02 Å². The molecule has 4 N–H and O–H groups in total. The number of benzene rings is 1. The number of fused-ring (bicyclic) bond motifs is 3. The second-order valence-corrected chi connectivity index (χ2v) is 8.80. The zero-order valence-corrected chi connectivity index (χ0v) is 19.3. The fourth-order valence-corrected chi connectivity index (χ4v) is 5.75. The summed E-state index contributed by atoms with van der Waals surface area (Å²) >= 11 is 6.57. The first-order chi connectivity index (χ1) is 13.6. The molecule has 1 aromatic carbocycles. The van der Waals surface area contributed by atoms with Gasteiger partial charge in [0.25, 0.3) is 0 Å². The normalized spacial score (nSPS) is 23.5. The quantitative estimate of drug-likeness (QED) is 0.617. The lowest BCUT2D eigenvalue weighted by Gasteiger charge is -2.36. The number of piperidine rings is 1. The second kappa shape index (κ2) is 8.77. The minimum absolute atomic E-state index is 0. The molecule has 2 aliphatic heterocycles. The van der Waals surface area contributed by atoms with Gasteiger partial charge in [-0.1, -0.05) is 18.5 Å². The van der Waals surface area contributed by atoms with Crippen LogP contribution in [0.1, 0.15) is 60.6 Å². The number of aromatic nitrogens is 2. The summed E-state index contributed by atoms with van der Waals surface area (Å²) < 4.78 is 0. The number of hydrogen-bond donors (Lipinski definition) is 3. The highest BCUT2D eigenvalue weighted by atomic mass is 35.5. The van der Waals surface area contributed by atoms with Crippen LogP contribution in [-0.4, -0.2) is 34.7 Å². The first-order valence-electron chi connectivity index (χ1n) is 10.1. The maximum Gasteiger partial charge on any atom is 0.140 e. The van der Waals surface area contributed by atoms with Crippen molar-refractivity contribution in [1.29, 1.82) is 0 Å². The van der Waals surface area contributed by atoms with Crippen LogP contribution >= 0.6 is 36.4 Å². The van der Waals surface area contributed by atoms with Crippen molar-refractivity contribution < 1.29 is 5.11 Å². The number of hydrogen-bond acceptors (Lipinski definition) is 6. The molecule has 164 valence electrons. The molecule has 1 saturated heterocycles. The summed E-state index contributed by atoms with van der Waals surface area (Å²) in [6, 6.07) is 4.06. The summed E-state index contributed by atoms with van der Waals surface area (Å²) in [5, 5.41) is 14.7. The molecule has 1 aliphatic carbocycles. The molecule has 6 nitrogen and oxygen atoms in total. The van der Waals surface area contributed by atoms with E-state index < -0.39 is 6.10 Å². The number of halogens is 3. The Morgan fingerprint density at radius 2 is 2.00 bits per heavy atom. The van der Waals surface area contributed by atoms with E-state index in [1.54, 1.807) is 6.33 Å². The number of aliphatic hydroxyl groups excluding tert-OH is 1. The van der Waals surface area contributed by atoms with Gasteiger partial charge in [-0.15, -0.1) is 24.8 Å². The summed E-state index contributed by atoms with van der Waals surface area (Å²) in [4.78, 5) is 11.4. The predicted octanol–water partition coefficient (Wildman–Crippen LogP) is 3.75. The van der Waals surface area contributed by atoms with Gasteiger partial charge in [-0.05, 0) is 61.5 Å². The lowest BCUT2D eigenvalue weighted by atomic mass is 9.73. The molecular formula is C21H28Cl3N5O. The van der Waals surface area contributed by atoms with Crippen molar-refractivity contribution in [3.63, 3.8) is 0 Å². The standard InChI is InChI=1S/C21H26ClN5O.2ClH/c1-12-8-16(28)19-17(12)20(26-11-25-19)27-10-21(4-6-24-7-5-21)18-13(9-23)14(22)2-3-15(18)27;;/h2-3,11-12,16,24,28H,4-10,23H2,1H3;2*1H/t12-,16-;;/m1../s1. The van der Waals surface area contributed by atoms with E-state index in [9.17, 15) is 5.11 Å². The van der Waals surface area contributed by atoms with E-state index in [0.717, 1.165) is 65.8 Å². The first-order valence-corrected chi connectivity index (χ1v) is 10.5. The van der Waals surface area contributed by atoms with Crippen LogP contribution in [0, 0.1) is 0 Å². The van der Waals surface area contributed by atoms with Crippen LogP contribution in [0.5, 0.6) is 0 Å². The molecule has 30 heavy (non-hydrogen) atoms. The van der Waals surface area contributed by atoms with Gasteiger partial charge >= 0.3 is 0 Å². The van der Waals surface area contributed by atoms with Gasteiger partial charge in [0, 0.05) is 34.8 Å². The van der Waals surface area contributed by atoms with Gasteiger partial charge in [0.1, 0.15) is 12.1 Å². The van der Waals surface area contributed by atoms with Crippen molar-refractivity contribution in [2.24, 2.45) is 5.73 Å². The van der Waals surface area contributed by atoms with Gasteiger partial charge in [-0.2, -0.15) is 0 Å². The molecule has 1 fully saturated rings. The molecule has 9 heteroatoms. The molecular weight excluding hydrogens is 445 g/mol. The minimum atomic E-state index is -0.508. The van der Waals surface area contributed by atoms with Gasteiger partial charge < -0.3 is 21.1 Å². The Morgan fingerprint density at radius 1 is 1.27 bits per heavy atom. The van der Waals surface area contributed by atoms with E-state index in [-0.39, 0.29) is 36.1 Å². The fraction of sp³-hybridized carbons (Fsp3) is 0.524. The van der Waals surface area contributed by atoms with Crippen molar-refractivity contribution >= 4 is 47.9 Å². The van der Waals surface area contributed by atoms with Crippen LogP contribution in [0.4, 0.5) is 11.5 Å². The van der Waals surface area contributed by atoms with Gasteiger partial charge in [-0.3, -0.25) is 0 Å². The Morgan fingerprint density at radius 3 is 2.70 bits per heavy atom. The topological polar surface area (TPSA) is 87.3 Å². The van der Waals surface area contributed by atoms with Crippen LogP contribution in [0.25, 0.3) is 0 Å². The van der Waals surface area contributed by atoms with Crippen molar-refractivity contribution in [3.8, 4) is 0 Å². The molecule has 2 atom stereocenters. The van der Waals surface area contributed by atoms with E-state index in [4.69, 9.17) is 22.3 Å². The minimum Gasteiger partial charge on any atom is -0.387 e. The Kier molecular flexibility index (Phi) is 6.87. The van der Waals surface area contributed by atoms with E-state index in [0.29, 0.717) is 13.0 Å². The molecule has 2 aromatic rings. The fourth-order valence-electron chi connectivity index (χ4n) is 5.51. The van der Waals surface area contributed by atoms with Gasteiger partial charge in [0.2, 0.25) is 0 Å². The van der Waals surface area contributed by atoms with Gasteiger partial charge in [0.15, 0.2) is 0 Å². The maximum atomic E-state index is 10.4. The summed E-state index contributed by atoms with van der Waals surface area (Å²) in [7, 11) is 0. The summed E-state index contributed by atoms with van der Waals surface area (Å²) in [5.74, 6) is 1.16. The summed E-state index contributed by atoms with van der Waals surface area (Å²) in [6.45, 7) is 5.42. The number of nitrogens with two attached hydrogens (primary N) is 1. The Balaban J connectivity index is 0.00000128. The smallest absolute Gasteiger partial charge is 0.140 e. The first kappa shape index (κ1) is 23.5. The van der Waals surface area contributed by atoms with Gasteiger partial charge in [0.05, 0.1) is 11.8 Å². The molecule has 0 bridgehead atoms. The molecule has 3 heterocycles. The monoisotopic (exact) mass is 471 g/mol. The van der Waals surface area contributed by atoms with Crippen LogP contribution in [0.3, 0.4) is 0 Å². The molecule has 0 radical (unpaired) electrons. The van der Waals surface area contributed by atoms with Crippen LogP contribution in [-0.2, 0) is 12.0 Å². The number of nitrogens with one attached hydrogen (secondary N) is 1. The van der Waals surface area contributed by atoms with E-state index in [1.165, 1.54) is 5.56 Å². The molecule has 1 aromatic heterocycles. The third kappa shape index (κ3) is 3.38. The van der Waals surface area contributed by atoms with Crippen molar-refractivity contribution in [2.45, 2.75) is 50.2 Å². The van der Waals surface area contributed by atoms with E-state index >= 15 is 0 Å². The highest BCUT2D eigenvalue weighted by Crippen LogP contribution is 2.53. The molecule has 0 saturated carbocycles. The molecule has 0 amide bonds. The van der Waals surface area contributed by atoms with Crippen molar-refractivity contribution in [1.82, 2.24) is 15.3 Å². The predicted molar refractivity (Wildman–Crippen MR) is 125 cm³/mol. The third-order valence-corrected chi connectivity index (χ3v) is 7.17. The van der Waals surface area contributed by atoms with Crippen molar-refractivity contribution in [3.05, 3.63) is 45.9 Å². The Bertz CT molecular complexity index is 935. The van der Waals surface area contributed by atoms with Crippen molar-refractivity contribution in [2.75, 3.05) is 24.5 Å². The average Bonchev–Trinajstić information content (AvgIpc) is 3.17. The zero-order valence-electron chi connectivity index (χ0n) is 16.9. The highest BCUT2D eigenvalue weighted by Gasteiger charge is 2.47. The number of aliphatic hydroxyl groups is 1. The Labute approximate surface area is 194 Å². The highest BCUT2D eigenvalue weighted by molar-refractivity contribution is 6.31.